The molecule has 0 fully saturated rings. The first-order valence-corrected chi connectivity index (χ1v) is 9.14. The van der Waals surface area contributed by atoms with Crippen LogP contribution in [0.1, 0.15) is 49.3 Å². The van der Waals surface area contributed by atoms with Crippen LogP contribution < -0.4 is 5.32 Å². The minimum atomic E-state index is -4.34. The first-order valence-electron chi connectivity index (χ1n) is 9.14. The van der Waals surface area contributed by atoms with Gasteiger partial charge in [0.15, 0.2) is 0 Å². The molecule has 0 bridgehead atoms. The van der Waals surface area contributed by atoms with Crippen molar-refractivity contribution in [3.8, 4) is 11.1 Å². The van der Waals surface area contributed by atoms with Crippen LogP contribution in [0.3, 0.4) is 0 Å². The fourth-order valence-electron chi connectivity index (χ4n) is 3.81. The Balaban J connectivity index is 1.92. The molecule has 1 aliphatic carbocycles. The molecule has 27 heavy (non-hydrogen) atoms. The molecule has 6 heteroatoms. The fraction of sp³-hybridized carbons (Fsp3) is 0.429. The minimum Gasteiger partial charge on any atom is -0.307 e. The lowest BCUT2D eigenvalue weighted by molar-refractivity contribution is -0.137. The maximum Gasteiger partial charge on any atom is 0.416 e. The van der Waals surface area contributed by atoms with Crippen LogP contribution in [-0.2, 0) is 17.4 Å². The number of ketones is 1. The summed E-state index contributed by atoms with van der Waals surface area (Å²) in [6.07, 6.45) is 2.13. The summed E-state index contributed by atoms with van der Waals surface area (Å²) in [5, 5.41) is 3.27. The van der Waals surface area contributed by atoms with Gasteiger partial charge in [0.2, 0.25) is 0 Å². The summed E-state index contributed by atoms with van der Waals surface area (Å²) in [7, 11) is 0. The SMILES string of the molecule is CC(=O)CNC(C)C1CCCc2c(-c3ccc(C(F)(F)F)cc3)cncc21. The normalized spacial score (nSPS) is 18.0. The summed E-state index contributed by atoms with van der Waals surface area (Å²) in [4.78, 5) is 15.6. The zero-order valence-electron chi connectivity index (χ0n) is 15.4. The van der Waals surface area contributed by atoms with Crippen molar-refractivity contribution in [2.45, 2.75) is 51.2 Å². The number of carbonyl (C=O) groups is 1. The maximum absolute atomic E-state index is 12.8. The number of aromatic nitrogens is 1. The molecule has 0 saturated carbocycles. The largest absolute Gasteiger partial charge is 0.416 e. The van der Waals surface area contributed by atoms with Crippen molar-refractivity contribution in [3.63, 3.8) is 0 Å². The molecule has 2 atom stereocenters. The van der Waals surface area contributed by atoms with Crippen LogP contribution in [0.5, 0.6) is 0 Å². The number of halogens is 3. The van der Waals surface area contributed by atoms with Gasteiger partial charge in [0.1, 0.15) is 5.78 Å². The molecule has 0 radical (unpaired) electrons. The molecule has 1 aromatic carbocycles. The minimum absolute atomic E-state index is 0.0921. The third-order valence-electron chi connectivity index (χ3n) is 5.23. The second-order valence-corrected chi connectivity index (χ2v) is 7.20. The van der Waals surface area contributed by atoms with E-state index in [4.69, 9.17) is 0 Å². The predicted molar refractivity (Wildman–Crippen MR) is 98.5 cm³/mol. The maximum atomic E-state index is 12.8. The molecule has 1 aliphatic rings. The number of pyridine rings is 1. The molecular weight excluding hydrogens is 353 g/mol. The molecule has 3 nitrogen and oxygen atoms in total. The number of rotatable bonds is 5. The lowest BCUT2D eigenvalue weighted by Crippen LogP contribution is -2.36. The Morgan fingerprint density at radius 1 is 1.26 bits per heavy atom. The smallest absolute Gasteiger partial charge is 0.307 e. The van der Waals surface area contributed by atoms with Crippen LogP contribution in [0.15, 0.2) is 36.7 Å². The molecule has 0 amide bonds. The molecular formula is C21H23F3N2O. The standard InChI is InChI=1S/C21H23F3N2O/c1-13(27)10-26-14(2)17-4-3-5-18-19(11-25-12-20(17)18)15-6-8-16(9-7-15)21(22,23)24/h6-9,11-12,14,17,26H,3-5,10H2,1-2H3. The molecule has 144 valence electrons. The van der Waals surface area contributed by atoms with Crippen LogP contribution in [0.25, 0.3) is 11.1 Å². The monoisotopic (exact) mass is 376 g/mol. The van der Waals surface area contributed by atoms with Crippen molar-refractivity contribution in [2.75, 3.05) is 6.54 Å². The molecule has 1 N–H and O–H groups in total. The number of nitrogens with zero attached hydrogens (tertiary/aromatic N) is 1. The lowest BCUT2D eigenvalue weighted by atomic mass is 9.78. The average molecular weight is 376 g/mol. The number of alkyl halides is 3. The molecule has 3 rings (SSSR count). The van der Waals surface area contributed by atoms with E-state index >= 15 is 0 Å². The van der Waals surface area contributed by atoms with E-state index in [1.54, 1.807) is 13.1 Å². The van der Waals surface area contributed by atoms with E-state index in [1.165, 1.54) is 12.1 Å². The lowest BCUT2D eigenvalue weighted by Gasteiger charge is -2.31. The van der Waals surface area contributed by atoms with Crippen LogP contribution >= 0.6 is 0 Å². The first-order chi connectivity index (χ1) is 12.8. The number of Topliss-reactive ketones (excluding diaryl/α,β-unsaturated/α-hetero) is 1. The van der Waals surface area contributed by atoms with E-state index in [0.717, 1.165) is 53.6 Å². The highest BCUT2D eigenvalue weighted by Gasteiger charge is 2.31. The highest BCUT2D eigenvalue weighted by Crippen LogP contribution is 2.39. The Bertz CT molecular complexity index is 815. The number of fused-ring (bicyclic) bond motifs is 1. The predicted octanol–water partition coefficient (Wildman–Crippen LogP) is 4.75. The van der Waals surface area contributed by atoms with Gasteiger partial charge in [-0.25, -0.2) is 0 Å². The van der Waals surface area contributed by atoms with Crippen molar-refractivity contribution < 1.29 is 18.0 Å². The van der Waals surface area contributed by atoms with Crippen LogP contribution in [0, 0.1) is 0 Å². The third-order valence-corrected chi connectivity index (χ3v) is 5.23. The Kier molecular flexibility index (Phi) is 5.65. The summed E-state index contributed by atoms with van der Waals surface area (Å²) in [6.45, 7) is 3.95. The number of carbonyl (C=O) groups excluding carboxylic acids is 1. The van der Waals surface area contributed by atoms with E-state index in [2.05, 4.69) is 17.2 Å². The van der Waals surface area contributed by atoms with Crippen LogP contribution in [0.4, 0.5) is 13.2 Å². The zero-order chi connectivity index (χ0) is 19.6. The molecule has 2 aromatic rings. The zero-order valence-corrected chi connectivity index (χ0v) is 15.4. The second kappa shape index (κ2) is 7.80. The quantitative estimate of drug-likeness (QED) is 0.819. The molecule has 0 aliphatic heterocycles. The molecule has 0 saturated heterocycles. The van der Waals surface area contributed by atoms with Gasteiger partial charge in [0.25, 0.3) is 0 Å². The Labute approximate surface area is 157 Å². The topological polar surface area (TPSA) is 42.0 Å². The molecule has 0 spiro atoms. The van der Waals surface area contributed by atoms with Gasteiger partial charge < -0.3 is 5.32 Å². The molecule has 1 aromatic heterocycles. The Hall–Kier alpha value is -2.21. The molecule has 2 unspecified atom stereocenters. The summed E-state index contributed by atoms with van der Waals surface area (Å²) in [5.74, 6) is 0.324. The highest BCUT2D eigenvalue weighted by molar-refractivity contribution is 5.77. The van der Waals surface area contributed by atoms with Gasteiger partial charge in [-0.15, -0.1) is 0 Å². The average Bonchev–Trinajstić information content (AvgIpc) is 2.64. The van der Waals surface area contributed by atoms with Gasteiger partial charge in [-0.3, -0.25) is 9.78 Å². The Morgan fingerprint density at radius 3 is 2.59 bits per heavy atom. The van der Waals surface area contributed by atoms with E-state index in [0.29, 0.717) is 6.54 Å². The van der Waals surface area contributed by atoms with E-state index in [9.17, 15) is 18.0 Å². The second-order valence-electron chi connectivity index (χ2n) is 7.20. The van der Waals surface area contributed by atoms with E-state index in [1.807, 2.05) is 6.20 Å². The van der Waals surface area contributed by atoms with Gasteiger partial charge in [0, 0.05) is 29.9 Å². The number of benzene rings is 1. The third kappa shape index (κ3) is 4.38. The number of hydrogen-bond acceptors (Lipinski definition) is 3. The summed E-state index contributed by atoms with van der Waals surface area (Å²) < 4.78 is 38.5. The van der Waals surface area contributed by atoms with Crippen molar-refractivity contribution in [3.05, 3.63) is 53.3 Å². The van der Waals surface area contributed by atoms with Crippen molar-refractivity contribution in [1.82, 2.24) is 10.3 Å². The first kappa shape index (κ1) is 19.5. The van der Waals surface area contributed by atoms with Crippen molar-refractivity contribution >= 4 is 5.78 Å². The van der Waals surface area contributed by atoms with E-state index < -0.39 is 11.7 Å². The summed E-state index contributed by atoms with van der Waals surface area (Å²) in [6, 6.07) is 5.39. The van der Waals surface area contributed by atoms with Gasteiger partial charge in [-0.2, -0.15) is 13.2 Å². The van der Waals surface area contributed by atoms with Gasteiger partial charge in [-0.1, -0.05) is 12.1 Å². The van der Waals surface area contributed by atoms with Crippen molar-refractivity contribution in [1.29, 1.82) is 0 Å². The number of hydrogen-bond donors (Lipinski definition) is 1. The van der Waals surface area contributed by atoms with E-state index in [-0.39, 0.29) is 17.7 Å². The highest BCUT2D eigenvalue weighted by atomic mass is 19.4. The summed E-state index contributed by atoms with van der Waals surface area (Å²) >= 11 is 0. The number of nitrogens with one attached hydrogen (secondary N) is 1. The van der Waals surface area contributed by atoms with Crippen LogP contribution in [0.2, 0.25) is 0 Å². The Morgan fingerprint density at radius 2 is 1.96 bits per heavy atom. The van der Waals surface area contributed by atoms with Gasteiger partial charge in [-0.05, 0) is 61.9 Å². The van der Waals surface area contributed by atoms with Crippen molar-refractivity contribution in [2.24, 2.45) is 0 Å². The summed E-state index contributed by atoms with van der Waals surface area (Å²) in [5.41, 5.74) is 3.27. The molecule has 1 heterocycles. The van der Waals surface area contributed by atoms with Gasteiger partial charge >= 0.3 is 6.18 Å². The van der Waals surface area contributed by atoms with Crippen LogP contribution in [-0.4, -0.2) is 23.4 Å². The van der Waals surface area contributed by atoms with Gasteiger partial charge in [0.05, 0.1) is 12.1 Å². The fourth-order valence-corrected chi connectivity index (χ4v) is 3.81.